The van der Waals surface area contributed by atoms with E-state index in [1.165, 1.54) is 4.57 Å². The van der Waals surface area contributed by atoms with Crippen molar-refractivity contribution in [1.29, 1.82) is 0 Å². The van der Waals surface area contributed by atoms with E-state index < -0.39 is 53.1 Å². The van der Waals surface area contributed by atoms with Gasteiger partial charge in [-0.3, -0.25) is 4.79 Å². The number of rotatable bonds is 7. The van der Waals surface area contributed by atoms with E-state index in [0.717, 1.165) is 5.56 Å². The van der Waals surface area contributed by atoms with E-state index in [4.69, 9.17) is 4.74 Å². The highest BCUT2D eigenvalue weighted by Crippen LogP contribution is 2.41. The molecule has 1 unspecified atom stereocenters. The number of aromatic amines is 1. The molecule has 0 aliphatic carbocycles. The lowest BCUT2D eigenvalue weighted by Crippen LogP contribution is -2.25. The van der Waals surface area contributed by atoms with Crippen molar-refractivity contribution < 1.29 is 41.0 Å². The van der Waals surface area contributed by atoms with E-state index in [9.17, 15) is 41.0 Å². The van der Waals surface area contributed by atoms with E-state index in [1.54, 1.807) is 55.6 Å². The molecule has 6 rings (SSSR count). The average molecular weight is 679 g/mol. The number of nitrogens with zero attached hydrogens (tertiary/aromatic N) is 1. The molecule has 0 radical (unpaired) electrons. The van der Waals surface area contributed by atoms with Gasteiger partial charge in [-0.05, 0) is 54.4 Å². The molecule has 4 aromatic carbocycles. The van der Waals surface area contributed by atoms with Crippen LogP contribution in [0.15, 0.2) is 95.8 Å². The van der Waals surface area contributed by atoms with Crippen molar-refractivity contribution in [3.05, 3.63) is 146 Å². The smallest absolute Gasteiger partial charge is 0.416 e. The van der Waals surface area contributed by atoms with Gasteiger partial charge in [-0.15, -0.1) is 0 Å². The molecule has 0 saturated heterocycles. The number of aromatic hydroxyl groups is 1. The Kier molecular flexibility index (Phi) is 8.51. The Morgan fingerprint density at radius 2 is 1.45 bits per heavy atom. The number of nitrogens with one attached hydrogen (secondary N) is 1. The molecule has 252 valence electrons. The maximum Gasteiger partial charge on any atom is 0.416 e. The predicted octanol–water partition coefficient (Wildman–Crippen LogP) is 8.65. The van der Waals surface area contributed by atoms with E-state index in [-0.39, 0.29) is 23.8 Å². The third-order valence-corrected chi connectivity index (χ3v) is 8.55. The molecule has 2 aromatic heterocycles. The maximum absolute atomic E-state index is 14.0. The molecular weight excluding hydrogens is 650 g/mol. The Bertz CT molecular complexity index is 2230. The van der Waals surface area contributed by atoms with E-state index in [2.05, 4.69) is 4.98 Å². The first-order valence-electron chi connectivity index (χ1n) is 15.1. The Balaban J connectivity index is 1.44. The van der Waals surface area contributed by atoms with Gasteiger partial charge in [0.05, 0.1) is 40.3 Å². The van der Waals surface area contributed by atoms with Crippen LogP contribution in [0.4, 0.5) is 26.3 Å². The highest BCUT2D eigenvalue weighted by molar-refractivity contribution is 5.90. The first-order chi connectivity index (χ1) is 23.1. The number of hydrogen-bond acceptors (Lipinski definition) is 4. The van der Waals surface area contributed by atoms with Gasteiger partial charge in [0, 0.05) is 35.5 Å². The first-order valence-corrected chi connectivity index (χ1v) is 15.1. The second kappa shape index (κ2) is 12.5. The number of ether oxygens (including phenoxy) is 1. The zero-order valence-electron chi connectivity index (χ0n) is 26.0. The number of H-pyrrole nitrogens is 1. The lowest BCUT2D eigenvalue weighted by molar-refractivity contribution is -0.143. The van der Waals surface area contributed by atoms with E-state index in [1.807, 2.05) is 31.2 Å². The summed E-state index contributed by atoms with van der Waals surface area (Å²) >= 11 is 0. The lowest BCUT2D eigenvalue weighted by atomic mass is 9.85. The molecule has 2 N–H and O–H groups in total. The van der Waals surface area contributed by atoms with Crippen LogP contribution in [0.3, 0.4) is 0 Å². The molecule has 0 saturated carbocycles. The number of aromatic nitrogens is 2. The van der Waals surface area contributed by atoms with Gasteiger partial charge in [-0.1, -0.05) is 60.2 Å². The van der Waals surface area contributed by atoms with Crippen molar-refractivity contribution >= 4 is 27.8 Å². The first kappa shape index (κ1) is 33.4. The van der Waals surface area contributed by atoms with Crippen LogP contribution in [-0.2, 0) is 30.6 Å². The predicted molar refractivity (Wildman–Crippen MR) is 172 cm³/mol. The minimum atomic E-state index is -5.13. The van der Waals surface area contributed by atoms with Crippen LogP contribution >= 0.6 is 0 Å². The average Bonchev–Trinajstić information content (AvgIpc) is 3.43. The molecule has 0 aliphatic heterocycles. The molecule has 0 aliphatic rings. The summed E-state index contributed by atoms with van der Waals surface area (Å²) in [6.45, 7) is 1.48. The van der Waals surface area contributed by atoms with Gasteiger partial charge < -0.3 is 19.4 Å². The molecule has 2 heterocycles. The molecule has 0 spiro atoms. The number of pyridine rings is 1. The summed E-state index contributed by atoms with van der Waals surface area (Å²) in [5, 5.41) is 12.8. The number of carbonyl (C=O) groups excluding carboxylic acids is 1. The minimum Gasteiger partial charge on any atom is -0.507 e. The SMILES string of the molecule is Cc1ccc(C(c2[nH]c3ccccc3c2CCOC(=O)c2cc(C(F)(F)F)cc(C(F)(F)F)c2)c2c(O)c3ccccc3n(C)c2=O)cc1. The summed E-state index contributed by atoms with van der Waals surface area (Å²) in [7, 11) is 1.60. The number of carbonyl (C=O) groups is 1. The van der Waals surface area contributed by atoms with Crippen LogP contribution in [0.25, 0.3) is 21.8 Å². The summed E-state index contributed by atoms with van der Waals surface area (Å²) in [6.07, 6.45) is -10.3. The number of fused-ring (bicyclic) bond motifs is 2. The van der Waals surface area contributed by atoms with Crippen LogP contribution in [0, 0.1) is 6.92 Å². The number of hydrogen-bond donors (Lipinski definition) is 2. The zero-order chi connectivity index (χ0) is 35.2. The van der Waals surface area contributed by atoms with Crippen LogP contribution in [0.2, 0.25) is 0 Å². The van der Waals surface area contributed by atoms with Crippen molar-refractivity contribution in [2.24, 2.45) is 7.05 Å². The van der Waals surface area contributed by atoms with Crippen LogP contribution in [-0.4, -0.2) is 27.2 Å². The van der Waals surface area contributed by atoms with Gasteiger partial charge in [0.2, 0.25) is 0 Å². The summed E-state index contributed by atoms with van der Waals surface area (Å²) in [4.78, 5) is 30.3. The third-order valence-electron chi connectivity index (χ3n) is 8.55. The summed E-state index contributed by atoms with van der Waals surface area (Å²) < 4.78 is 87.2. The van der Waals surface area contributed by atoms with Gasteiger partial charge in [0.1, 0.15) is 5.75 Å². The van der Waals surface area contributed by atoms with Gasteiger partial charge >= 0.3 is 18.3 Å². The normalized spacial score (nSPS) is 12.8. The zero-order valence-corrected chi connectivity index (χ0v) is 26.0. The van der Waals surface area contributed by atoms with Crippen molar-refractivity contribution in [2.45, 2.75) is 31.6 Å². The maximum atomic E-state index is 14.0. The third kappa shape index (κ3) is 6.38. The highest BCUT2D eigenvalue weighted by atomic mass is 19.4. The summed E-state index contributed by atoms with van der Waals surface area (Å²) in [5.41, 5.74) is -0.705. The molecule has 1 atom stereocenters. The molecule has 0 bridgehead atoms. The van der Waals surface area contributed by atoms with Crippen molar-refractivity contribution in [3.8, 4) is 5.75 Å². The Morgan fingerprint density at radius 1 is 0.857 bits per heavy atom. The second-order valence-electron chi connectivity index (χ2n) is 11.7. The van der Waals surface area contributed by atoms with E-state index in [0.29, 0.717) is 50.8 Å². The van der Waals surface area contributed by atoms with Crippen LogP contribution in [0.1, 0.15) is 55.4 Å². The van der Waals surface area contributed by atoms with Crippen molar-refractivity contribution in [3.63, 3.8) is 0 Å². The summed E-state index contributed by atoms with van der Waals surface area (Å²) in [6, 6.07) is 22.0. The quantitative estimate of drug-likeness (QED) is 0.131. The van der Waals surface area contributed by atoms with E-state index >= 15 is 0 Å². The van der Waals surface area contributed by atoms with Crippen molar-refractivity contribution in [1.82, 2.24) is 9.55 Å². The molecule has 0 amide bonds. The topological polar surface area (TPSA) is 84.3 Å². The molecule has 12 heteroatoms. The molecule has 0 fully saturated rings. The fraction of sp³-hybridized carbons (Fsp3) is 0.189. The minimum absolute atomic E-state index is 0.0345. The Labute approximate surface area is 275 Å². The number of esters is 1. The lowest BCUT2D eigenvalue weighted by Gasteiger charge is -2.22. The van der Waals surface area contributed by atoms with Crippen LogP contribution < -0.4 is 5.56 Å². The number of alkyl halides is 6. The molecule has 6 nitrogen and oxygen atoms in total. The molecule has 6 aromatic rings. The molecular formula is C37H28F6N2O4. The standard InChI is InChI=1S/C37H28F6N2O4/c1-20-11-13-21(14-12-20)30(31-33(46)27-8-4-6-10-29(27)45(2)34(31)47)32-26(25-7-3-5-9-28(25)44-32)15-16-49-35(48)22-17-23(36(38,39)40)19-24(18-22)37(41,42)43/h3-14,17-19,30,44,46H,15-16H2,1-2H3. The highest BCUT2D eigenvalue weighted by Gasteiger charge is 2.38. The van der Waals surface area contributed by atoms with Gasteiger partial charge in [0.15, 0.2) is 0 Å². The number of halogens is 6. The monoisotopic (exact) mass is 678 g/mol. The van der Waals surface area contributed by atoms with Crippen molar-refractivity contribution in [2.75, 3.05) is 6.61 Å². The Morgan fingerprint density at radius 3 is 2.08 bits per heavy atom. The second-order valence-corrected chi connectivity index (χ2v) is 11.7. The van der Waals surface area contributed by atoms with Gasteiger partial charge in [0.25, 0.3) is 5.56 Å². The number of aryl methyl sites for hydroxylation is 2. The molecule has 49 heavy (non-hydrogen) atoms. The number of benzene rings is 4. The largest absolute Gasteiger partial charge is 0.507 e. The van der Waals surface area contributed by atoms with Crippen LogP contribution in [0.5, 0.6) is 5.75 Å². The van der Waals surface area contributed by atoms with Gasteiger partial charge in [-0.2, -0.15) is 26.3 Å². The number of para-hydroxylation sites is 2. The summed E-state index contributed by atoms with van der Waals surface area (Å²) in [5.74, 6) is -2.45. The fourth-order valence-electron chi connectivity index (χ4n) is 6.14. The fourth-order valence-corrected chi connectivity index (χ4v) is 6.14. The van der Waals surface area contributed by atoms with Gasteiger partial charge in [-0.25, -0.2) is 4.79 Å². The Hall–Kier alpha value is -5.52.